The average molecular weight is 236 g/mol. The summed E-state index contributed by atoms with van der Waals surface area (Å²) in [5, 5.41) is 0. The lowest BCUT2D eigenvalue weighted by Crippen LogP contribution is -2.30. The fraction of sp³-hybridized carbons (Fsp3) is 0.333. The number of hydrogen-bond acceptors (Lipinski definition) is 3. The van der Waals surface area contributed by atoms with E-state index in [1.165, 1.54) is 12.1 Å². The highest BCUT2D eigenvalue weighted by molar-refractivity contribution is 6.21. The van der Waals surface area contributed by atoms with E-state index in [0.29, 0.717) is 0 Å². The summed E-state index contributed by atoms with van der Waals surface area (Å²) in [7, 11) is 0. The van der Waals surface area contributed by atoms with E-state index in [9.17, 15) is 14.0 Å². The lowest BCUT2D eigenvalue weighted by atomic mass is 10.00. The first-order valence-corrected chi connectivity index (χ1v) is 5.36. The smallest absolute Gasteiger partial charge is 0.237 e. The molecule has 1 fully saturated rings. The lowest BCUT2D eigenvalue weighted by molar-refractivity contribution is -0.122. The number of rotatable bonds is 1. The number of anilines is 2. The van der Waals surface area contributed by atoms with Crippen LogP contribution in [0.4, 0.5) is 15.8 Å². The molecule has 0 bridgehead atoms. The number of imide groups is 1. The Morgan fingerprint density at radius 1 is 1.18 bits per heavy atom. The first-order chi connectivity index (χ1) is 7.93. The zero-order valence-corrected chi connectivity index (χ0v) is 9.61. The van der Waals surface area contributed by atoms with Crippen molar-refractivity contribution in [2.45, 2.75) is 13.8 Å². The van der Waals surface area contributed by atoms with Gasteiger partial charge in [0.1, 0.15) is 5.82 Å². The average Bonchev–Trinajstić information content (AvgIpc) is 2.48. The van der Waals surface area contributed by atoms with Crippen LogP contribution in [-0.4, -0.2) is 11.8 Å². The number of nitrogens with two attached hydrogens (primary N) is 1. The van der Waals surface area contributed by atoms with Crippen LogP contribution in [0, 0.1) is 17.7 Å². The molecule has 1 aromatic rings. The van der Waals surface area contributed by atoms with Crippen LogP contribution in [0.5, 0.6) is 0 Å². The van der Waals surface area contributed by atoms with E-state index in [0.717, 1.165) is 11.0 Å². The number of nitrogen functional groups attached to an aromatic ring is 1. The first kappa shape index (κ1) is 11.6. The first-order valence-electron chi connectivity index (χ1n) is 5.36. The SMILES string of the molecule is CC1C(=O)N(c2ccc(N)c(F)c2)C(=O)C1C. The number of halogens is 1. The summed E-state index contributed by atoms with van der Waals surface area (Å²) in [4.78, 5) is 24.8. The highest BCUT2D eigenvalue weighted by Gasteiger charge is 2.43. The number of hydrogen-bond donors (Lipinski definition) is 1. The van der Waals surface area contributed by atoms with Crippen LogP contribution in [0.3, 0.4) is 0 Å². The molecule has 1 saturated heterocycles. The normalized spacial score (nSPS) is 24.5. The van der Waals surface area contributed by atoms with Crippen molar-refractivity contribution in [1.29, 1.82) is 0 Å². The van der Waals surface area contributed by atoms with Crippen molar-refractivity contribution in [3.05, 3.63) is 24.0 Å². The maximum absolute atomic E-state index is 13.3. The Balaban J connectivity index is 2.43. The van der Waals surface area contributed by atoms with Gasteiger partial charge in [-0.1, -0.05) is 13.8 Å². The van der Waals surface area contributed by atoms with Crippen LogP contribution in [0.1, 0.15) is 13.8 Å². The van der Waals surface area contributed by atoms with Gasteiger partial charge in [0.05, 0.1) is 11.4 Å². The summed E-state index contributed by atoms with van der Waals surface area (Å²) in [5.41, 5.74) is 5.58. The molecule has 0 saturated carbocycles. The van der Waals surface area contributed by atoms with Gasteiger partial charge in [0.25, 0.3) is 0 Å². The van der Waals surface area contributed by atoms with Gasteiger partial charge in [-0.2, -0.15) is 0 Å². The third-order valence-electron chi connectivity index (χ3n) is 3.21. The maximum Gasteiger partial charge on any atom is 0.237 e. The lowest BCUT2D eigenvalue weighted by Gasteiger charge is -2.14. The number of amides is 2. The summed E-state index contributed by atoms with van der Waals surface area (Å²) in [6.45, 7) is 3.39. The van der Waals surface area contributed by atoms with Gasteiger partial charge in [0.15, 0.2) is 0 Å². The molecule has 0 radical (unpaired) electrons. The van der Waals surface area contributed by atoms with Crippen molar-refractivity contribution in [3.8, 4) is 0 Å². The molecule has 90 valence electrons. The Labute approximate surface area is 98.2 Å². The molecule has 2 atom stereocenters. The van der Waals surface area contributed by atoms with Crippen LogP contribution in [0.25, 0.3) is 0 Å². The number of carbonyl (C=O) groups excluding carboxylic acids is 2. The van der Waals surface area contributed by atoms with Crippen LogP contribution in [0.15, 0.2) is 18.2 Å². The highest BCUT2D eigenvalue weighted by Crippen LogP contribution is 2.31. The Hall–Kier alpha value is -1.91. The molecule has 1 aliphatic heterocycles. The molecule has 2 unspecified atom stereocenters. The number of benzene rings is 1. The number of carbonyl (C=O) groups is 2. The van der Waals surface area contributed by atoms with Gasteiger partial charge in [0, 0.05) is 17.9 Å². The predicted molar refractivity (Wildman–Crippen MR) is 61.6 cm³/mol. The summed E-state index contributed by atoms with van der Waals surface area (Å²) in [6, 6.07) is 3.92. The monoisotopic (exact) mass is 236 g/mol. The summed E-state index contributed by atoms with van der Waals surface area (Å²) < 4.78 is 13.3. The van der Waals surface area contributed by atoms with Crippen molar-refractivity contribution in [2.24, 2.45) is 11.8 Å². The van der Waals surface area contributed by atoms with Gasteiger partial charge >= 0.3 is 0 Å². The molecule has 1 aliphatic rings. The van der Waals surface area contributed by atoms with E-state index in [4.69, 9.17) is 5.73 Å². The van der Waals surface area contributed by atoms with Gasteiger partial charge in [0.2, 0.25) is 11.8 Å². The molecule has 17 heavy (non-hydrogen) atoms. The minimum Gasteiger partial charge on any atom is -0.396 e. The molecule has 2 rings (SSSR count). The van der Waals surface area contributed by atoms with Crippen molar-refractivity contribution in [2.75, 3.05) is 10.6 Å². The van der Waals surface area contributed by atoms with Gasteiger partial charge < -0.3 is 5.73 Å². The van der Waals surface area contributed by atoms with E-state index in [2.05, 4.69) is 0 Å². The molecular formula is C12H13FN2O2. The van der Waals surface area contributed by atoms with Crippen LogP contribution < -0.4 is 10.6 Å². The molecular weight excluding hydrogens is 223 g/mol. The number of nitrogens with zero attached hydrogens (tertiary/aromatic N) is 1. The highest BCUT2D eigenvalue weighted by atomic mass is 19.1. The quantitative estimate of drug-likeness (QED) is 0.594. The Morgan fingerprint density at radius 3 is 2.18 bits per heavy atom. The Kier molecular flexibility index (Phi) is 2.61. The predicted octanol–water partition coefficient (Wildman–Crippen LogP) is 1.55. The van der Waals surface area contributed by atoms with Gasteiger partial charge in [-0.15, -0.1) is 0 Å². The summed E-state index contributed by atoms with van der Waals surface area (Å²) in [6.07, 6.45) is 0. The van der Waals surface area contributed by atoms with E-state index in [-0.39, 0.29) is 35.0 Å². The van der Waals surface area contributed by atoms with E-state index in [1.807, 2.05) is 0 Å². The summed E-state index contributed by atoms with van der Waals surface area (Å²) >= 11 is 0. The van der Waals surface area contributed by atoms with Gasteiger partial charge in [-0.25, -0.2) is 9.29 Å². The van der Waals surface area contributed by atoms with E-state index >= 15 is 0 Å². The third kappa shape index (κ3) is 1.67. The standard InChI is InChI=1S/C12H13FN2O2/c1-6-7(2)12(17)15(11(6)16)8-3-4-10(14)9(13)5-8/h3-7H,14H2,1-2H3. The van der Waals surface area contributed by atoms with Crippen molar-refractivity contribution >= 4 is 23.2 Å². The second-order valence-corrected chi connectivity index (χ2v) is 4.30. The zero-order chi connectivity index (χ0) is 12.7. The van der Waals surface area contributed by atoms with E-state index in [1.54, 1.807) is 13.8 Å². The van der Waals surface area contributed by atoms with Crippen LogP contribution >= 0.6 is 0 Å². The molecule has 5 heteroatoms. The molecule has 0 spiro atoms. The minimum absolute atomic E-state index is 0.00561. The molecule has 2 N–H and O–H groups in total. The van der Waals surface area contributed by atoms with Crippen molar-refractivity contribution < 1.29 is 14.0 Å². The van der Waals surface area contributed by atoms with Crippen LogP contribution in [0.2, 0.25) is 0 Å². The van der Waals surface area contributed by atoms with Gasteiger partial charge in [-0.3, -0.25) is 9.59 Å². The molecule has 2 amide bonds. The third-order valence-corrected chi connectivity index (χ3v) is 3.21. The summed E-state index contributed by atoms with van der Waals surface area (Å²) in [5.74, 6) is -1.97. The maximum atomic E-state index is 13.3. The topological polar surface area (TPSA) is 63.4 Å². The Bertz CT molecular complexity index is 481. The minimum atomic E-state index is -0.629. The fourth-order valence-electron chi connectivity index (χ4n) is 1.85. The molecule has 0 aliphatic carbocycles. The molecule has 0 aromatic heterocycles. The second kappa shape index (κ2) is 3.84. The van der Waals surface area contributed by atoms with E-state index < -0.39 is 5.82 Å². The zero-order valence-electron chi connectivity index (χ0n) is 9.61. The second-order valence-electron chi connectivity index (χ2n) is 4.30. The van der Waals surface area contributed by atoms with Crippen molar-refractivity contribution in [3.63, 3.8) is 0 Å². The largest absolute Gasteiger partial charge is 0.396 e. The Morgan fingerprint density at radius 2 is 1.71 bits per heavy atom. The van der Waals surface area contributed by atoms with Gasteiger partial charge in [-0.05, 0) is 12.1 Å². The van der Waals surface area contributed by atoms with Crippen molar-refractivity contribution in [1.82, 2.24) is 0 Å². The fourth-order valence-corrected chi connectivity index (χ4v) is 1.85. The molecule has 4 nitrogen and oxygen atoms in total. The molecule has 1 heterocycles. The van der Waals surface area contributed by atoms with Crippen LogP contribution in [-0.2, 0) is 9.59 Å². The molecule has 1 aromatic carbocycles.